The molecule has 8 heteroatoms. The standard InChI is InChI=1S/C20H22BrClN2O4/c1-4-13(2)28-20-17(22)9-14(10-18(20)26-3)11-23-24-19(25)12-27-16-7-5-15(21)6-8-16/h5-11,13H,4,12H2,1-3H3,(H,24,25). The van der Waals surface area contributed by atoms with Gasteiger partial charge < -0.3 is 14.2 Å². The van der Waals surface area contributed by atoms with E-state index in [1.807, 2.05) is 26.0 Å². The van der Waals surface area contributed by atoms with Crippen LogP contribution in [0.1, 0.15) is 25.8 Å². The number of amides is 1. The molecular formula is C20H22BrClN2O4. The van der Waals surface area contributed by atoms with E-state index in [0.717, 1.165) is 10.9 Å². The van der Waals surface area contributed by atoms with Crippen molar-refractivity contribution in [3.63, 3.8) is 0 Å². The monoisotopic (exact) mass is 468 g/mol. The molecular weight excluding hydrogens is 448 g/mol. The van der Waals surface area contributed by atoms with Crippen molar-refractivity contribution in [1.29, 1.82) is 0 Å². The van der Waals surface area contributed by atoms with Crippen molar-refractivity contribution in [3.05, 3.63) is 51.5 Å². The minimum absolute atomic E-state index is 0.0101. The van der Waals surface area contributed by atoms with Gasteiger partial charge in [0.15, 0.2) is 18.1 Å². The second kappa shape index (κ2) is 10.9. The Bertz CT molecular complexity index is 828. The van der Waals surface area contributed by atoms with Crippen LogP contribution < -0.4 is 19.6 Å². The molecule has 0 saturated carbocycles. The van der Waals surface area contributed by atoms with Gasteiger partial charge in [-0.3, -0.25) is 4.79 Å². The Balaban J connectivity index is 1.94. The highest BCUT2D eigenvalue weighted by Crippen LogP contribution is 2.37. The fourth-order valence-electron chi connectivity index (χ4n) is 2.10. The molecule has 1 unspecified atom stereocenters. The first-order chi connectivity index (χ1) is 13.4. The number of hydrogen-bond acceptors (Lipinski definition) is 5. The minimum Gasteiger partial charge on any atom is -0.493 e. The molecule has 0 heterocycles. The van der Waals surface area contributed by atoms with Gasteiger partial charge in [-0.05, 0) is 55.3 Å². The van der Waals surface area contributed by atoms with Gasteiger partial charge in [0.05, 0.1) is 24.5 Å². The third-order valence-electron chi connectivity index (χ3n) is 3.73. The maximum absolute atomic E-state index is 11.8. The summed E-state index contributed by atoms with van der Waals surface area (Å²) in [5, 5.41) is 4.33. The van der Waals surface area contributed by atoms with Crippen molar-refractivity contribution < 1.29 is 19.0 Å². The van der Waals surface area contributed by atoms with Crippen molar-refractivity contribution >= 4 is 39.7 Å². The topological polar surface area (TPSA) is 69.2 Å². The lowest BCUT2D eigenvalue weighted by Gasteiger charge is -2.17. The van der Waals surface area contributed by atoms with E-state index >= 15 is 0 Å². The van der Waals surface area contributed by atoms with E-state index < -0.39 is 0 Å². The first-order valence-corrected chi connectivity index (χ1v) is 9.84. The maximum Gasteiger partial charge on any atom is 0.277 e. The highest BCUT2D eigenvalue weighted by atomic mass is 79.9. The van der Waals surface area contributed by atoms with E-state index in [-0.39, 0.29) is 18.6 Å². The normalized spacial score (nSPS) is 11.9. The summed E-state index contributed by atoms with van der Waals surface area (Å²) in [4.78, 5) is 11.8. The Morgan fingerprint density at radius 3 is 2.68 bits per heavy atom. The molecule has 6 nitrogen and oxygen atoms in total. The highest BCUT2D eigenvalue weighted by molar-refractivity contribution is 9.10. The maximum atomic E-state index is 11.8. The number of hydrogen-bond donors (Lipinski definition) is 1. The van der Waals surface area contributed by atoms with Gasteiger partial charge >= 0.3 is 0 Å². The van der Waals surface area contributed by atoms with Crippen LogP contribution in [0.2, 0.25) is 5.02 Å². The Labute approximate surface area is 177 Å². The molecule has 0 saturated heterocycles. The van der Waals surface area contributed by atoms with Gasteiger partial charge in [0.2, 0.25) is 0 Å². The van der Waals surface area contributed by atoms with E-state index in [1.165, 1.54) is 13.3 Å². The van der Waals surface area contributed by atoms with Crippen LogP contribution in [-0.2, 0) is 4.79 Å². The zero-order valence-electron chi connectivity index (χ0n) is 15.9. The summed E-state index contributed by atoms with van der Waals surface area (Å²) in [6.45, 7) is 3.83. The number of carbonyl (C=O) groups is 1. The first-order valence-electron chi connectivity index (χ1n) is 8.67. The summed E-state index contributed by atoms with van der Waals surface area (Å²) in [5.41, 5.74) is 3.07. The molecule has 1 atom stereocenters. The number of benzene rings is 2. The number of rotatable bonds is 9. The van der Waals surface area contributed by atoms with Gasteiger partial charge in [0.1, 0.15) is 5.75 Å². The van der Waals surface area contributed by atoms with E-state index in [1.54, 1.807) is 24.3 Å². The van der Waals surface area contributed by atoms with Crippen LogP contribution in [0.4, 0.5) is 0 Å². The summed E-state index contributed by atoms with van der Waals surface area (Å²) >= 11 is 9.64. The molecule has 0 aliphatic rings. The zero-order valence-corrected chi connectivity index (χ0v) is 18.2. The minimum atomic E-state index is -0.381. The number of hydrazone groups is 1. The molecule has 150 valence electrons. The molecule has 0 aliphatic heterocycles. The molecule has 0 spiro atoms. The second-order valence-electron chi connectivity index (χ2n) is 5.91. The summed E-state index contributed by atoms with van der Waals surface area (Å²) in [6.07, 6.45) is 2.33. The quantitative estimate of drug-likeness (QED) is 0.422. The van der Waals surface area contributed by atoms with Crippen LogP contribution in [-0.4, -0.2) is 31.9 Å². The average molecular weight is 470 g/mol. The fraction of sp³-hybridized carbons (Fsp3) is 0.300. The smallest absolute Gasteiger partial charge is 0.277 e. The van der Waals surface area contributed by atoms with Crippen molar-refractivity contribution in [2.24, 2.45) is 5.10 Å². The summed E-state index contributed by atoms with van der Waals surface area (Å²) in [5.74, 6) is 1.20. The average Bonchev–Trinajstić information content (AvgIpc) is 2.69. The third kappa shape index (κ3) is 6.73. The molecule has 1 amide bonds. The number of nitrogens with zero attached hydrogens (tertiary/aromatic N) is 1. The van der Waals surface area contributed by atoms with Crippen molar-refractivity contribution in [2.75, 3.05) is 13.7 Å². The lowest BCUT2D eigenvalue weighted by Crippen LogP contribution is -2.24. The Morgan fingerprint density at radius 1 is 1.32 bits per heavy atom. The summed E-state index contributed by atoms with van der Waals surface area (Å²) in [7, 11) is 1.54. The van der Waals surface area contributed by atoms with Crippen molar-refractivity contribution in [3.8, 4) is 17.2 Å². The molecule has 2 aromatic carbocycles. The van der Waals surface area contributed by atoms with Gasteiger partial charge in [-0.2, -0.15) is 5.10 Å². The molecule has 0 aromatic heterocycles. The number of carbonyl (C=O) groups excluding carboxylic acids is 1. The zero-order chi connectivity index (χ0) is 20.5. The van der Waals surface area contributed by atoms with Crippen molar-refractivity contribution in [2.45, 2.75) is 26.4 Å². The lowest BCUT2D eigenvalue weighted by atomic mass is 10.2. The molecule has 0 bridgehead atoms. The van der Waals surface area contributed by atoms with E-state index in [0.29, 0.717) is 27.8 Å². The highest BCUT2D eigenvalue weighted by Gasteiger charge is 2.14. The van der Waals surface area contributed by atoms with Crippen molar-refractivity contribution in [1.82, 2.24) is 5.43 Å². The number of ether oxygens (including phenoxy) is 3. The van der Waals surface area contributed by atoms with Gasteiger partial charge in [-0.25, -0.2) is 5.43 Å². The van der Waals surface area contributed by atoms with Crippen LogP contribution in [0.5, 0.6) is 17.2 Å². The van der Waals surface area contributed by atoms with Gasteiger partial charge in [-0.1, -0.05) is 34.5 Å². The number of methoxy groups -OCH3 is 1. The van der Waals surface area contributed by atoms with Gasteiger partial charge in [-0.15, -0.1) is 0 Å². The first kappa shape index (κ1) is 22.0. The predicted molar refractivity (Wildman–Crippen MR) is 114 cm³/mol. The summed E-state index contributed by atoms with van der Waals surface area (Å²) in [6, 6.07) is 10.6. The molecule has 2 aromatic rings. The van der Waals surface area contributed by atoms with Gasteiger partial charge in [0.25, 0.3) is 5.91 Å². The van der Waals surface area contributed by atoms with Crippen LogP contribution in [0.25, 0.3) is 0 Å². The Hall–Kier alpha value is -2.25. The Morgan fingerprint density at radius 2 is 2.04 bits per heavy atom. The predicted octanol–water partition coefficient (Wildman–Crippen LogP) is 4.82. The van der Waals surface area contributed by atoms with Crippen LogP contribution >= 0.6 is 27.5 Å². The molecule has 2 rings (SSSR count). The SMILES string of the molecule is CCC(C)Oc1c(Cl)cc(C=NNC(=O)COc2ccc(Br)cc2)cc1OC. The van der Waals surface area contributed by atoms with Crippen LogP contribution in [0.3, 0.4) is 0 Å². The van der Waals surface area contributed by atoms with Crippen LogP contribution in [0.15, 0.2) is 46.0 Å². The second-order valence-corrected chi connectivity index (χ2v) is 7.23. The van der Waals surface area contributed by atoms with E-state index in [4.69, 9.17) is 25.8 Å². The third-order valence-corrected chi connectivity index (χ3v) is 4.54. The number of nitrogens with one attached hydrogen (secondary N) is 1. The molecule has 0 aliphatic carbocycles. The molecule has 28 heavy (non-hydrogen) atoms. The summed E-state index contributed by atoms with van der Waals surface area (Å²) < 4.78 is 17.5. The molecule has 1 N–H and O–H groups in total. The largest absolute Gasteiger partial charge is 0.493 e. The van der Waals surface area contributed by atoms with Crippen LogP contribution in [0, 0.1) is 0 Å². The molecule has 0 fully saturated rings. The number of halogens is 2. The Kier molecular flexibility index (Phi) is 8.60. The van der Waals surface area contributed by atoms with Gasteiger partial charge in [0, 0.05) is 4.47 Å². The van der Waals surface area contributed by atoms with E-state index in [2.05, 4.69) is 26.5 Å². The lowest BCUT2D eigenvalue weighted by molar-refractivity contribution is -0.123. The fourth-order valence-corrected chi connectivity index (χ4v) is 2.63. The molecule has 0 radical (unpaired) electrons. The van der Waals surface area contributed by atoms with E-state index in [9.17, 15) is 4.79 Å².